The molecule has 24 heavy (non-hydrogen) atoms. The van der Waals surface area contributed by atoms with Crippen LogP contribution < -0.4 is 10.1 Å². The fraction of sp³-hybridized carbons (Fsp3) is 0.222. The molecule has 0 heterocycles. The number of carbonyl (C=O) groups is 2. The van der Waals surface area contributed by atoms with Crippen LogP contribution in [0.2, 0.25) is 0 Å². The van der Waals surface area contributed by atoms with Gasteiger partial charge < -0.3 is 14.8 Å². The van der Waals surface area contributed by atoms with Gasteiger partial charge in [0.1, 0.15) is 11.6 Å². The summed E-state index contributed by atoms with van der Waals surface area (Å²) in [6.07, 6.45) is -0.0272. The summed E-state index contributed by atoms with van der Waals surface area (Å²) in [6, 6.07) is 10.4. The number of esters is 1. The molecule has 2 rings (SSSR count). The van der Waals surface area contributed by atoms with Crippen molar-refractivity contribution in [1.82, 2.24) is 0 Å². The molecule has 0 unspecified atom stereocenters. The first-order valence-corrected chi connectivity index (χ1v) is 7.43. The van der Waals surface area contributed by atoms with Gasteiger partial charge >= 0.3 is 5.97 Å². The Morgan fingerprint density at radius 1 is 1.12 bits per heavy atom. The van der Waals surface area contributed by atoms with E-state index >= 15 is 0 Å². The number of amides is 1. The Labute approximate surface area is 139 Å². The number of nitrogens with one attached hydrogen (secondary N) is 1. The van der Waals surface area contributed by atoms with Crippen molar-refractivity contribution in [2.45, 2.75) is 13.3 Å². The molecule has 0 radical (unpaired) electrons. The summed E-state index contributed by atoms with van der Waals surface area (Å²) < 4.78 is 23.3. The van der Waals surface area contributed by atoms with E-state index in [2.05, 4.69) is 5.32 Å². The van der Waals surface area contributed by atoms with Gasteiger partial charge in [-0.15, -0.1) is 0 Å². The number of halogens is 1. The summed E-state index contributed by atoms with van der Waals surface area (Å²) >= 11 is 0. The number of hydrogen-bond donors (Lipinski definition) is 1. The monoisotopic (exact) mass is 331 g/mol. The SMILES string of the molecule is CCOC(=O)c1ccc(NC(=O)Cc2cc(F)ccc2OC)cc1. The van der Waals surface area contributed by atoms with E-state index in [9.17, 15) is 14.0 Å². The maximum absolute atomic E-state index is 13.3. The second-order valence-electron chi connectivity index (χ2n) is 4.98. The molecular formula is C18H18FNO4. The average Bonchev–Trinajstić information content (AvgIpc) is 2.56. The van der Waals surface area contributed by atoms with E-state index in [1.54, 1.807) is 31.2 Å². The predicted octanol–water partition coefficient (Wildman–Crippen LogP) is 3.19. The highest BCUT2D eigenvalue weighted by atomic mass is 19.1. The topological polar surface area (TPSA) is 64.6 Å². The van der Waals surface area contributed by atoms with Gasteiger partial charge in [-0.3, -0.25) is 4.79 Å². The molecule has 5 nitrogen and oxygen atoms in total. The first-order chi connectivity index (χ1) is 11.5. The van der Waals surface area contributed by atoms with Gasteiger partial charge in [0.2, 0.25) is 5.91 Å². The quantitative estimate of drug-likeness (QED) is 0.826. The molecule has 1 amide bonds. The molecule has 126 valence electrons. The third kappa shape index (κ3) is 4.55. The lowest BCUT2D eigenvalue weighted by atomic mass is 10.1. The first kappa shape index (κ1) is 17.5. The Morgan fingerprint density at radius 2 is 1.83 bits per heavy atom. The fourth-order valence-corrected chi connectivity index (χ4v) is 2.17. The van der Waals surface area contributed by atoms with Crippen molar-refractivity contribution in [2.75, 3.05) is 19.0 Å². The minimum absolute atomic E-state index is 0.0272. The van der Waals surface area contributed by atoms with Gasteiger partial charge in [-0.2, -0.15) is 0 Å². The molecule has 0 bridgehead atoms. The lowest BCUT2D eigenvalue weighted by Crippen LogP contribution is -2.15. The highest BCUT2D eigenvalue weighted by Gasteiger charge is 2.11. The van der Waals surface area contributed by atoms with Gasteiger partial charge in [0.25, 0.3) is 0 Å². The van der Waals surface area contributed by atoms with Crippen LogP contribution in [0.3, 0.4) is 0 Å². The van der Waals surface area contributed by atoms with E-state index in [0.29, 0.717) is 29.2 Å². The van der Waals surface area contributed by atoms with E-state index in [-0.39, 0.29) is 12.3 Å². The van der Waals surface area contributed by atoms with Crippen LogP contribution in [0.15, 0.2) is 42.5 Å². The molecule has 0 atom stereocenters. The van der Waals surface area contributed by atoms with Gasteiger partial charge in [0.05, 0.1) is 25.7 Å². The number of methoxy groups -OCH3 is 1. The summed E-state index contributed by atoms with van der Waals surface area (Å²) in [5, 5.41) is 2.69. The summed E-state index contributed by atoms with van der Waals surface area (Å²) in [6.45, 7) is 2.03. The van der Waals surface area contributed by atoms with Crippen LogP contribution in [0.1, 0.15) is 22.8 Å². The van der Waals surface area contributed by atoms with E-state index in [1.807, 2.05) is 0 Å². The van der Waals surface area contributed by atoms with E-state index in [1.165, 1.54) is 25.3 Å². The maximum Gasteiger partial charge on any atom is 0.338 e. The summed E-state index contributed by atoms with van der Waals surface area (Å²) in [5.41, 5.74) is 1.39. The van der Waals surface area contributed by atoms with Gasteiger partial charge in [-0.25, -0.2) is 9.18 Å². The van der Waals surface area contributed by atoms with Crippen molar-refractivity contribution in [3.05, 3.63) is 59.4 Å². The lowest BCUT2D eigenvalue weighted by molar-refractivity contribution is -0.115. The highest BCUT2D eigenvalue weighted by Crippen LogP contribution is 2.20. The van der Waals surface area contributed by atoms with Crippen molar-refractivity contribution in [3.63, 3.8) is 0 Å². The second-order valence-corrected chi connectivity index (χ2v) is 4.98. The zero-order chi connectivity index (χ0) is 17.5. The first-order valence-electron chi connectivity index (χ1n) is 7.43. The molecule has 0 saturated heterocycles. The molecular weight excluding hydrogens is 313 g/mol. The van der Waals surface area contributed by atoms with Crippen LogP contribution in [0.5, 0.6) is 5.75 Å². The number of hydrogen-bond acceptors (Lipinski definition) is 4. The van der Waals surface area contributed by atoms with Crippen LogP contribution in [-0.2, 0) is 16.0 Å². The predicted molar refractivity (Wildman–Crippen MR) is 87.7 cm³/mol. The molecule has 6 heteroatoms. The van der Waals surface area contributed by atoms with Crippen molar-refractivity contribution < 1.29 is 23.5 Å². The average molecular weight is 331 g/mol. The number of anilines is 1. The Hall–Kier alpha value is -2.89. The number of benzene rings is 2. The van der Waals surface area contributed by atoms with Crippen LogP contribution in [0.4, 0.5) is 10.1 Å². The van der Waals surface area contributed by atoms with Crippen molar-refractivity contribution in [1.29, 1.82) is 0 Å². The molecule has 0 aliphatic carbocycles. The minimum Gasteiger partial charge on any atom is -0.496 e. The van der Waals surface area contributed by atoms with Crippen LogP contribution >= 0.6 is 0 Å². The van der Waals surface area contributed by atoms with Crippen LogP contribution in [0, 0.1) is 5.82 Å². The molecule has 0 fully saturated rings. The smallest absolute Gasteiger partial charge is 0.338 e. The van der Waals surface area contributed by atoms with Crippen molar-refractivity contribution in [3.8, 4) is 5.75 Å². The molecule has 2 aromatic carbocycles. The lowest BCUT2D eigenvalue weighted by Gasteiger charge is -2.09. The van der Waals surface area contributed by atoms with E-state index in [4.69, 9.17) is 9.47 Å². The normalized spacial score (nSPS) is 10.1. The third-order valence-electron chi connectivity index (χ3n) is 3.27. The molecule has 0 aromatic heterocycles. The van der Waals surface area contributed by atoms with Gasteiger partial charge in [-0.1, -0.05) is 0 Å². The zero-order valence-corrected chi connectivity index (χ0v) is 13.5. The Morgan fingerprint density at radius 3 is 2.46 bits per heavy atom. The Bertz CT molecular complexity index is 728. The van der Waals surface area contributed by atoms with Crippen molar-refractivity contribution in [2.24, 2.45) is 0 Å². The van der Waals surface area contributed by atoms with Gasteiger partial charge in [-0.05, 0) is 49.4 Å². The summed E-state index contributed by atoms with van der Waals surface area (Å²) in [5.74, 6) is -0.718. The molecule has 0 aliphatic rings. The van der Waals surface area contributed by atoms with Crippen LogP contribution in [-0.4, -0.2) is 25.6 Å². The van der Waals surface area contributed by atoms with Crippen LogP contribution in [0.25, 0.3) is 0 Å². The maximum atomic E-state index is 13.3. The number of carbonyl (C=O) groups excluding carboxylic acids is 2. The number of ether oxygens (including phenoxy) is 2. The third-order valence-corrected chi connectivity index (χ3v) is 3.27. The Kier molecular flexibility index (Phi) is 5.89. The van der Waals surface area contributed by atoms with Gasteiger partial charge in [0, 0.05) is 11.3 Å². The summed E-state index contributed by atoms with van der Waals surface area (Å²) in [4.78, 5) is 23.7. The summed E-state index contributed by atoms with van der Waals surface area (Å²) in [7, 11) is 1.46. The number of rotatable bonds is 6. The molecule has 0 aliphatic heterocycles. The highest BCUT2D eigenvalue weighted by molar-refractivity contribution is 5.94. The molecule has 0 spiro atoms. The van der Waals surface area contributed by atoms with Crippen molar-refractivity contribution >= 4 is 17.6 Å². The largest absolute Gasteiger partial charge is 0.496 e. The molecule has 1 N–H and O–H groups in total. The Balaban J connectivity index is 2.02. The van der Waals surface area contributed by atoms with E-state index < -0.39 is 11.8 Å². The van der Waals surface area contributed by atoms with Gasteiger partial charge in [0.15, 0.2) is 0 Å². The second kappa shape index (κ2) is 8.10. The fourth-order valence-electron chi connectivity index (χ4n) is 2.17. The molecule has 2 aromatic rings. The minimum atomic E-state index is -0.433. The zero-order valence-electron chi connectivity index (χ0n) is 13.5. The standard InChI is InChI=1S/C18H18FNO4/c1-3-24-18(22)12-4-7-15(8-5-12)20-17(21)11-13-10-14(19)6-9-16(13)23-2/h4-10H,3,11H2,1-2H3,(H,20,21). The van der Waals surface area contributed by atoms with E-state index in [0.717, 1.165) is 0 Å². The molecule has 0 saturated carbocycles.